The first-order valence-corrected chi connectivity index (χ1v) is 10.5. The van der Waals surface area contributed by atoms with Crippen LogP contribution in [0, 0.1) is 12.7 Å². The Labute approximate surface area is 180 Å². The summed E-state index contributed by atoms with van der Waals surface area (Å²) in [5, 5.41) is 4.25. The molecule has 4 nitrogen and oxygen atoms in total. The summed E-state index contributed by atoms with van der Waals surface area (Å²) in [6, 6.07) is 22.3. The van der Waals surface area contributed by atoms with Crippen molar-refractivity contribution >= 4 is 16.9 Å². The Hall–Kier alpha value is -3.60. The summed E-state index contributed by atoms with van der Waals surface area (Å²) in [7, 11) is 0. The molecule has 3 aromatic carbocycles. The molecule has 1 aliphatic heterocycles. The fraction of sp³-hybridized carbons (Fsp3) is 0.192. The smallest absolute Gasteiger partial charge is 0.318 e. The molecule has 1 atom stereocenters. The minimum Gasteiger partial charge on any atom is -0.356 e. The largest absolute Gasteiger partial charge is 0.356 e. The molecule has 4 aromatic rings. The van der Waals surface area contributed by atoms with Crippen LogP contribution in [0.5, 0.6) is 0 Å². The van der Waals surface area contributed by atoms with Gasteiger partial charge in [0.2, 0.25) is 0 Å². The Morgan fingerprint density at radius 1 is 1.06 bits per heavy atom. The van der Waals surface area contributed by atoms with Gasteiger partial charge in [-0.2, -0.15) is 0 Å². The molecule has 1 aliphatic rings. The van der Waals surface area contributed by atoms with Crippen molar-refractivity contribution in [3.8, 4) is 0 Å². The fourth-order valence-corrected chi connectivity index (χ4v) is 4.44. The molecular formula is C26H24FN3O. The molecule has 0 aliphatic carbocycles. The molecular weight excluding hydrogens is 389 g/mol. The lowest BCUT2D eigenvalue weighted by molar-refractivity contribution is 0.179. The third-order valence-electron chi connectivity index (χ3n) is 6.05. The average Bonchev–Trinajstić information content (AvgIpc) is 3.17. The molecule has 0 unspecified atom stereocenters. The summed E-state index contributed by atoms with van der Waals surface area (Å²) in [6.45, 7) is 3.10. The van der Waals surface area contributed by atoms with Gasteiger partial charge in [0.05, 0.1) is 6.04 Å². The second kappa shape index (κ2) is 7.91. The Balaban J connectivity index is 1.49. The zero-order valence-electron chi connectivity index (χ0n) is 17.4. The molecule has 1 aromatic heterocycles. The number of rotatable bonds is 3. The van der Waals surface area contributed by atoms with Crippen LogP contribution in [0.25, 0.3) is 10.9 Å². The number of halogens is 1. The Morgan fingerprint density at radius 2 is 1.81 bits per heavy atom. The number of carbonyl (C=O) groups excluding carboxylic acids is 1. The highest BCUT2D eigenvalue weighted by Gasteiger charge is 2.34. The van der Waals surface area contributed by atoms with Crippen molar-refractivity contribution in [2.45, 2.75) is 25.9 Å². The lowest BCUT2D eigenvalue weighted by atomic mass is 9.92. The summed E-state index contributed by atoms with van der Waals surface area (Å²) in [4.78, 5) is 18.6. The number of hydrogen-bond acceptors (Lipinski definition) is 1. The number of nitrogens with one attached hydrogen (secondary N) is 2. The van der Waals surface area contributed by atoms with Crippen molar-refractivity contribution in [3.05, 3.63) is 107 Å². The number of urea groups is 1. The lowest BCUT2D eigenvalue weighted by Crippen LogP contribution is -2.45. The van der Waals surface area contributed by atoms with E-state index in [2.05, 4.69) is 22.4 Å². The Bertz CT molecular complexity index is 1230. The van der Waals surface area contributed by atoms with Crippen molar-refractivity contribution in [1.29, 1.82) is 0 Å². The van der Waals surface area contributed by atoms with E-state index in [9.17, 15) is 9.18 Å². The van der Waals surface area contributed by atoms with Crippen LogP contribution in [-0.4, -0.2) is 22.5 Å². The topological polar surface area (TPSA) is 48.1 Å². The van der Waals surface area contributed by atoms with E-state index in [0.717, 1.165) is 28.8 Å². The van der Waals surface area contributed by atoms with Crippen LogP contribution in [0.2, 0.25) is 0 Å². The van der Waals surface area contributed by atoms with Crippen molar-refractivity contribution in [3.63, 3.8) is 0 Å². The van der Waals surface area contributed by atoms with Crippen LogP contribution in [-0.2, 0) is 13.0 Å². The van der Waals surface area contributed by atoms with E-state index >= 15 is 0 Å². The van der Waals surface area contributed by atoms with Crippen LogP contribution in [0.4, 0.5) is 9.18 Å². The number of nitrogens with zero attached hydrogens (tertiary/aromatic N) is 1. The number of carbonyl (C=O) groups is 1. The van der Waals surface area contributed by atoms with Gasteiger partial charge in [-0.05, 0) is 48.2 Å². The zero-order valence-corrected chi connectivity index (χ0v) is 17.4. The normalized spacial score (nSPS) is 15.7. The molecule has 156 valence electrons. The molecule has 0 radical (unpaired) electrons. The molecule has 0 spiro atoms. The van der Waals surface area contributed by atoms with Crippen molar-refractivity contribution in [2.75, 3.05) is 6.54 Å². The van der Waals surface area contributed by atoms with Crippen molar-refractivity contribution in [2.24, 2.45) is 0 Å². The highest BCUT2D eigenvalue weighted by Crippen LogP contribution is 2.38. The van der Waals surface area contributed by atoms with Gasteiger partial charge in [0, 0.05) is 29.7 Å². The van der Waals surface area contributed by atoms with Crippen LogP contribution >= 0.6 is 0 Å². The van der Waals surface area contributed by atoms with E-state index in [1.54, 1.807) is 12.1 Å². The number of benzene rings is 3. The molecule has 5 heteroatoms. The quantitative estimate of drug-likeness (QED) is 0.460. The summed E-state index contributed by atoms with van der Waals surface area (Å²) in [5.74, 6) is -0.285. The number of amides is 2. The third-order valence-corrected chi connectivity index (χ3v) is 6.05. The van der Waals surface area contributed by atoms with Crippen LogP contribution in [0.3, 0.4) is 0 Å². The first-order chi connectivity index (χ1) is 15.1. The van der Waals surface area contributed by atoms with Gasteiger partial charge in [0.25, 0.3) is 0 Å². The first-order valence-electron chi connectivity index (χ1n) is 10.5. The van der Waals surface area contributed by atoms with E-state index in [-0.39, 0.29) is 17.9 Å². The molecule has 0 saturated heterocycles. The number of aryl methyl sites for hydroxylation is 1. The average molecular weight is 413 g/mol. The minimum absolute atomic E-state index is 0.126. The number of para-hydroxylation sites is 1. The maximum atomic E-state index is 13.6. The van der Waals surface area contributed by atoms with Gasteiger partial charge < -0.3 is 15.2 Å². The maximum absolute atomic E-state index is 13.6. The molecule has 0 saturated carbocycles. The molecule has 2 amide bonds. The van der Waals surface area contributed by atoms with Gasteiger partial charge in [0.1, 0.15) is 5.82 Å². The molecule has 2 heterocycles. The predicted molar refractivity (Wildman–Crippen MR) is 120 cm³/mol. The molecule has 5 rings (SSSR count). The lowest BCUT2D eigenvalue weighted by Gasteiger charge is -2.36. The van der Waals surface area contributed by atoms with Gasteiger partial charge in [-0.25, -0.2) is 9.18 Å². The molecule has 0 bridgehead atoms. The second-order valence-electron chi connectivity index (χ2n) is 8.10. The Kier molecular flexibility index (Phi) is 4.94. The van der Waals surface area contributed by atoms with E-state index in [0.29, 0.717) is 13.1 Å². The van der Waals surface area contributed by atoms with Gasteiger partial charge >= 0.3 is 6.03 Å². The van der Waals surface area contributed by atoms with E-state index < -0.39 is 0 Å². The number of hydrogen-bond donors (Lipinski definition) is 2. The molecule has 31 heavy (non-hydrogen) atoms. The van der Waals surface area contributed by atoms with Gasteiger partial charge in [-0.1, -0.05) is 60.2 Å². The highest BCUT2D eigenvalue weighted by atomic mass is 19.1. The summed E-state index contributed by atoms with van der Waals surface area (Å²) >= 11 is 0. The monoisotopic (exact) mass is 413 g/mol. The van der Waals surface area contributed by atoms with Gasteiger partial charge in [0.15, 0.2) is 0 Å². The standard InChI is InChI=1S/C26H24FN3O/c1-17-6-8-18(9-7-17)16-28-26(31)30-15-14-22-21-4-2-3-5-23(21)29-24(22)25(30)19-10-12-20(27)13-11-19/h2-13,25,29H,14-16H2,1H3,(H,28,31)/t25-/m0/s1. The number of fused-ring (bicyclic) bond motifs is 3. The van der Waals surface area contributed by atoms with Gasteiger partial charge in [-0.15, -0.1) is 0 Å². The van der Waals surface area contributed by atoms with Crippen molar-refractivity contribution < 1.29 is 9.18 Å². The molecule has 0 fully saturated rings. The highest BCUT2D eigenvalue weighted by molar-refractivity contribution is 5.86. The SMILES string of the molecule is Cc1ccc(CNC(=O)N2CCc3c([nH]c4ccccc34)[C@@H]2c2ccc(F)cc2)cc1. The predicted octanol–water partition coefficient (Wildman–Crippen LogP) is 5.47. The van der Waals surface area contributed by atoms with Crippen molar-refractivity contribution in [1.82, 2.24) is 15.2 Å². The maximum Gasteiger partial charge on any atom is 0.318 e. The van der Waals surface area contributed by atoms with Crippen LogP contribution in [0.1, 0.15) is 34.0 Å². The fourth-order valence-electron chi connectivity index (χ4n) is 4.44. The third kappa shape index (κ3) is 3.67. The summed E-state index contributed by atoms with van der Waals surface area (Å²) in [6.07, 6.45) is 0.773. The van der Waals surface area contributed by atoms with E-state index in [1.165, 1.54) is 28.6 Å². The number of aromatic nitrogens is 1. The Morgan fingerprint density at radius 3 is 2.58 bits per heavy atom. The van der Waals surface area contributed by atoms with E-state index in [4.69, 9.17) is 0 Å². The summed E-state index contributed by atoms with van der Waals surface area (Å²) < 4.78 is 13.6. The summed E-state index contributed by atoms with van der Waals surface area (Å²) in [5.41, 5.74) is 6.42. The molecule has 2 N–H and O–H groups in total. The zero-order chi connectivity index (χ0) is 21.4. The first kappa shape index (κ1) is 19.4. The second-order valence-corrected chi connectivity index (χ2v) is 8.10. The number of aromatic amines is 1. The number of H-pyrrole nitrogens is 1. The van der Waals surface area contributed by atoms with Crippen LogP contribution in [0.15, 0.2) is 72.8 Å². The minimum atomic E-state index is -0.297. The van der Waals surface area contributed by atoms with Gasteiger partial charge in [-0.3, -0.25) is 0 Å². The van der Waals surface area contributed by atoms with Crippen LogP contribution < -0.4 is 5.32 Å². The van der Waals surface area contributed by atoms with E-state index in [1.807, 2.05) is 48.2 Å².